The first kappa shape index (κ1) is 7.54. The second-order valence-electron chi connectivity index (χ2n) is 2.45. The average molecular weight is 142 g/mol. The van der Waals surface area contributed by atoms with Crippen LogP contribution in [-0.2, 0) is 9.63 Å². The van der Waals surface area contributed by atoms with E-state index in [1.807, 2.05) is 0 Å². The summed E-state index contributed by atoms with van der Waals surface area (Å²) < 4.78 is 0. The molecule has 0 N–H and O–H groups in total. The van der Waals surface area contributed by atoms with Crippen LogP contribution in [0.25, 0.3) is 0 Å². The summed E-state index contributed by atoms with van der Waals surface area (Å²) in [7, 11) is 0. The topological polar surface area (TPSA) is 29.5 Å². The maximum Gasteiger partial charge on any atom is 0.325 e. The quantitative estimate of drug-likeness (QED) is 0.541. The monoisotopic (exact) mass is 142 g/mol. The molecule has 1 aliphatic heterocycles. The van der Waals surface area contributed by atoms with Crippen molar-refractivity contribution in [3.63, 3.8) is 0 Å². The summed E-state index contributed by atoms with van der Waals surface area (Å²) in [5, 5.41) is 1.68. The summed E-state index contributed by atoms with van der Waals surface area (Å²) in [4.78, 5) is 15.1. The van der Waals surface area contributed by atoms with E-state index in [4.69, 9.17) is 4.84 Å². The van der Waals surface area contributed by atoms with Gasteiger partial charge in [-0.2, -0.15) is 0 Å². The van der Waals surface area contributed by atoms with Crippen molar-refractivity contribution >= 4 is 5.97 Å². The number of hydrogen-bond donors (Lipinski definition) is 0. The molecule has 1 fully saturated rings. The van der Waals surface area contributed by atoms with Crippen molar-refractivity contribution in [2.24, 2.45) is 0 Å². The van der Waals surface area contributed by atoms with Gasteiger partial charge in [0.25, 0.3) is 0 Å². The number of nitrogens with zero attached hydrogens (tertiary/aromatic N) is 1. The molecule has 0 spiro atoms. The summed E-state index contributed by atoms with van der Waals surface area (Å²) in [6.07, 6.45) is 3.48. The highest BCUT2D eigenvalue weighted by Crippen LogP contribution is 2.08. The zero-order valence-corrected chi connectivity index (χ0v) is 6.01. The SMILES string of the molecule is [CH2]C(=O)ON1CCCCC1. The zero-order chi connectivity index (χ0) is 7.40. The van der Waals surface area contributed by atoms with Crippen LogP contribution >= 0.6 is 0 Å². The average Bonchev–Trinajstić information content (AvgIpc) is 1.88. The van der Waals surface area contributed by atoms with Gasteiger partial charge < -0.3 is 4.84 Å². The van der Waals surface area contributed by atoms with Gasteiger partial charge in [-0.25, -0.2) is 0 Å². The highest BCUT2D eigenvalue weighted by Gasteiger charge is 2.11. The first-order chi connectivity index (χ1) is 4.79. The zero-order valence-electron chi connectivity index (χ0n) is 6.01. The molecule has 1 rings (SSSR count). The minimum atomic E-state index is -0.457. The molecule has 1 heterocycles. The van der Waals surface area contributed by atoms with Crippen LogP contribution in [0.2, 0.25) is 0 Å². The molecule has 0 bridgehead atoms. The molecule has 0 unspecified atom stereocenters. The standard InChI is InChI=1S/C7H12NO2/c1-7(9)10-8-5-3-2-4-6-8/h1-6H2. The molecule has 0 aliphatic carbocycles. The van der Waals surface area contributed by atoms with Crippen LogP contribution in [0.4, 0.5) is 0 Å². The Balaban J connectivity index is 2.19. The first-order valence-corrected chi connectivity index (χ1v) is 3.58. The Morgan fingerprint density at radius 1 is 1.30 bits per heavy atom. The molecule has 0 atom stereocenters. The van der Waals surface area contributed by atoms with Crippen molar-refractivity contribution in [3.8, 4) is 0 Å². The third-order valence-electron chi connectivity index (χ3n) is 1.55. The summed E-state index contributed by atoms with van der Waals surface area (Å²) in [6.45, 7) is 4.85. The minimum Gasteiger partial charge on any atom is -0.368 e. The van der Waals surface area contributed by atoms with Gasteiger partial charge in [0.05, 0.1) is 6.92 Å². The first-order valence-electron chi connectivity index (χ1n) is 3.58. The molecule has 10 heavy (non-hydrogen) atoms. The Kier molecular flexibility index (Phi) is 2.68. The second kappa shape index (κ2) is 3.56. The van der Waals surface area contributed by atoms with Gasteiger partial charge in [-0.05, 0) is 12.8 Å². The van der Waals surface area contributed by atoms with Crippen LogP contribution in [0.3, 0.4) is 0 Å². The van der Waals surface area contributed by atoms with Gasteiger partial charge in [0, 0.05) is 13.1 Å². The summed E-state index contributed by atoms with van der Waals surface area (Å²) in [5.41, 5.74) is 0. The normalized spacial score (nSPS) is 20.5. The Labute approximate surface area is 60.9 Å². The van der Waals surface area contributed by atoms with E-state index >= 15 is 0 Å². The molecule has 3 heteroatoms. The van der Waals surface area contributed by atoms with E-state index in [1.54, 1.807) is 5.06 Å². The molecule has 0 aromatic rings. The minimum absolute atomic E-state index is 0.457. The maximum atomic E-state index is 10.3. The van der Waals surface area contributed by atoms with E-state index in [0.29, 0.717) is 0 Å². The van der Waals surface area contributed by atoms with Crippen LogP contribution in [-0.4, -0.2) is 24.1 Å². The summed E-state index contributed by atoms with van der Waals surface area (Å²) >= 11 is 0. The predicted octanol–water partition coefficient (Wildman–Crippen LogP) is 0.765. The van der Waals surface area contributed by atoms with Crippen molar-refractivity contribution in [2.45, 2.75) is 19.3 Å². The van der Waals surface area contributed by atoms with Gasteiger partial charge in [0.15, 0.2) is 0 Å². The van der Waals surface area contributed by atoms with Crippen LogP contribution in [0, 0.1) is 6.92 Å². The third kappa shape index (κ3) is 2.35. The second-order valence-corrected chi connectivity index (χ2v) is 2.45. The van der Waals surface area contributed by atoms with Crippen molar-refractivity contribution in [2.75, 3.05) is 13.1 Å². The van der Waals surface area contributed by atoms with E-state index in [2.05, 4.69) is 6.92 Å². The fraction of sp³-hybridized carbons (Fsp3) is 0.714. The van der Waals surface area contributed by atoms with Gasteiger partial charge in [0.1, 0.15) is 0 Å². The molecule has 1 aliphatic rings. The molecule has 0 aromatic heterocycles. The van der Waals surface area contributed by atoms with Crippen LogP contribution < -0.4 is 0 Å². The van der Waals surface area contributed by atoms with Crippen LogP contribution in [0.15, 0.2) is 0 Å². The molecular formula is C7H12NO2. The lowest BCUT2D eigenvalue weighted by Gasteiger charge is -2.23. The van der Waals surface area contributed by atoms with Crippen molar-refractivity contribution in [3.05, 3.63) is 6.92 Å². The lowest BCUT2D eigenvalue weighted by Crippen LogP contribution is -2.31. The Bertz CT molecular complexity index is 119. The van der Waals surface area contributed by atoms with E-state index in [9.17, 15) is 4.79 Å². The largest absolute Gasteiger partial charge is 0.368 e. The van der Waals surface area contributed by atoms with Crippen molar-refractivity contribution in [1.29, 1.82) is 0 Å². The Hall–Kier alpha value is -0.570. The number of rotatable bonds is 1. The van der Waals surface area contributed by atoms with E-state index in [-0.39, 0.29) is 0 Å². The maximum absolute atomic E-state index is 10.3. The lowest BCUT2D eigenvalue weighted by molar-refractivity contribution is -0.188. The third-order valence-corrected chi connectivity index (χ3v) is 1.55. The van der Waals surface area contributed by atoms with Gasteiger partial charge in [0.2, 0.25) is 0 Å². The van der Waals surface area contributed by atoms with Gasteiger partial charge in [-0.15, -0.1) is 5.06 Å². The molecule has 1 saturated heterocycles. The van der Waals surface area contributed by atoms with Gasteiger partial charge in [-0.3, -0.25) is 4.79 Å². The molecular weight excluding hydrogens is 130 g/mol. The van der Waals surface area contributed by atoms with Crippen LogP contribution in [0.1, 0.15) is 19.3 Å². The Morgan fingerprint density at radius 3 is 2.40 bits per heavy atom. The molecule has 0 aromatic carbocycles. The fourth-order valence-corrected chi connectivity index (χ4v) is 1.10. The predicted molar refractivity (Wildman–Crippen MR) is 36.9 cm³/mol. The molecule has 0 saturated carbocycles. The number of hydrogen-bond acceptors (Lipinski definition) is 3. The number of piperidine rings is 1. The molecule has 0 amide bonds. The molecule has 1 radical (unpaired) electrons. The van der Waals surface area contributed by atoms with Crippen LogP contribution in [0.5, 0.6) is 0 Å². The smallest absolute Gasteiger partial charge is 0.325 e. The van der Waals surface area contributed by atoms with E-state index in [1.165, 1.54) is 6.42 Å². The van der Waals surface area contributed by atoms with Crippen molar-refractivity contribution < 1.29 is 9.63 Å². The number of carbonyl (C=O) groups is 1. The van der Waals surface area contributed by atoms with E-state index in [0.717, 1.165) is 25.9 Å². The van der Waals surface area contributed by atoms with Crippen molar-refractivity contribution in [1.82, 2.24) is 5.06 Å². The fourth-order valence-electron chi connectivity index (χ4n) is 1.10. The van der Waals surface area contributed by atoms with Gasteiger partial charge >= 0.3 is 5.97 Å². The summed E-state index contributed by atoms with van der Waals surface area (Å²) in [5.74, 6) is -0.457. The molecule has 57 valence electrons. The molecule has 3 nitrogen and oxygen atoms in total. The highest BCUT2D eigenvalue weighted by molar-refractivity contribution is 5.73. The lowest BCUT2D eigenvalue weighted by atomic mass is 10.2. The number of carbonyl (C=O) groups excluding carboxylic acids is 1. The van der Waals surface area contributed by atoms with E-state index < -0.39 is 5.97 Å². The highest BCUT2D eigenvalue weighted by atomic mass is 16.7. The van der Waals surface area contributed by atoms with Gasteiger partial charge in [-0.1, -0.05) is 6.42 Å². The Morgan fingerprint density at radius 2 is 1.90 bits per heavy atom. The summed E-state index contributed by atoms with van der Waals surface area (Å²) in [6, 6.07) is 0. The number of hydroxylamine groups is 2.